The van der Waals surface area contributed by atoms with E-state index in [0.717, 1.165) is 92.8 Å². The lowest BCUT2D eigenvalue weighted by Crippen LogP contribution is -2.30. The number of likely N-dealkylation sites (N-methyl/N-ethyl adjacent to an activating group) is 1. The van der Waals surface area contributed by atoms with Crippen molar-refractivity contribution in [2.75, 3.05) is 33.8 Å². The second-order valence-electron chi connectivity index (χ2n) is 10.7. The lowest BCUT2D eigenvalue weighted by molar-refractivity contribution is -0.109. The van der Waals surface area contributed by atoms with Crippen LogP contribution in [0.3, 0.4) is 0 Å². The maximum atomic E-state index is 10.6. The molecular weight excluding hydrogens is 528 g/mol. The van der Waals surface area contributed by atoms with Crippen molar-refractivity contribution in [3.63, 3.8) is 0 Å². The summed E-state index contributed by atoms with van der Waals surface area (Å²) in [6.45, 7) is 8.10. The molecule has 3 aromatic carbocycles. The van der Waals surface area contributed by atoms with Gasteiger partial charge in [-0.05, 0) is 62.7 Å². The summed E-state index contributed by atoms with van der Waals surface area (Å²) in [4.78, 5) is 26.2. The van der Waals surface area contributed by atoms with E-state index < -0.39 is 0 Å². The molecule has 1 amide bonds. The third kappa shape index (κ3) is 4.86. The van der Waals surface area contributed by atoms with Crippen molar-refractivity contribution in [3.05, 3.63) is 71.4 Å². The molecule has 0 fully saturated rings. The van der Waals surface area contributed by atoms with E-state index in [-0.39, 0.29) is 0 Å². The molecule has 0 spiro atoms. The predicted octanol–water partition coefficient (Wildman–Crippen LogP) is 5.74. The Labute approximate surface area is 243 Å². The van der Waals surface area contributed by atoms with Crippen molar-refractivity contribution in [1.29, 1.82) is 0 Å². The largest absolute Gasteiger partial charge is 0.496 e. The van der Waals surface area contributed by atoms with E-state index >= 15 is 0 Å². The van der Waals surface area contributed by atoms with Crippen LogP contribution in [-0.4, -0.2) is 65.2 Å². The van der Waals surface area contributed by atoms with E-state index in [1.54, 1.807) is 7.11 Å². The molecule has 214 valence electrons. The number of methoxy groups -OCH3 is 1. The van der Waals surface area contributed by atoms with E-state index in [1.807, 2.05) is 20.8 Å². The van der Waals surface area contributed by atoms with Crippen LogP contribution < -0.4 is 10.1 Å². The molecule has 3 aromatic heterocycles. The molecule has 0 radical (unpaired) electrons. The van der Waals surface area contributed by atoms with Crippen LogP contribution in [0.15, 0.2) is 53.1 Å². The average Bonchev–Trinajstić information content (AvgIpc) is 3.52. The highest BCUT2D eigenvalue weighted by atomic mass is 16.5. The number of nitrogens with one attached hydrogen (secondary N) is 2. The van der Waals surface area contributed by atoms with Gasteiger partial charge in [0.1, 0.15) is 23.0 Å². The van der Waals surface area contributed by atoms with Gasteiger partial charge in [-0.1, -0.05) is 41.6 Å². The first kappa shape index (κ1) is 27.4. The second-order valence-corrected chi connectivity index (χ2v) is 10.7. The molecule has 9 nitrogen and oxygen atoms in total. The zero-order valence-corrected chi connectivity index (χ0v) is 24.5. The number of H-pyrrole nitrogens is 1. The number of benzene rings is 3. The Morgan fingerprint density at radius 3 is 2.55 bits per heavy atom. The first-order valence-electron chi connectivity index (χ1n) is 14.1. The van der Waals surface area contributed by atoms with Gasteiger partial charge in [0.15, 0.2) is 0 Å². The van der Waals surface area contributed by atoms with Crippen molar-refractivity contribution in [1.82, 2.24) is 30.3 Å². The van der Waals surface area contributed by atoms with E-state index in [2.05, 4.69) is 75.9 Å². The summed E-state index contributed by atoms with van der Waals surface area (Å²) in [5.74, 6) is 2.17. The summed E-state index contributed by atoms with van der Waals surface area (Å²) in [6, 6.07) is 17.0. The first-order valence-corrected chi connectivity index (χ1v) is 14.1. The highest BCUT2D eigenvalue weighted by Crippen LogP contribution is 2.42. The molecule has 0 saturated heterocycles. The Kier molecular flexibility index (Phi) is 7.34. The minimum Gasteiger partial charge on any atom is -0.496 e. The highest BCUT2D eigenvalue weighted by Gasteiger charge is 2.22. The molecule has 0 aliphatic heterocycles. The summed E-state index contributed by atoms with van der Waals surface area (Å²) in [6.07, 6.45) is 1.64. The monoisotopic (exact) mass is 562 g/mol. The number of aryl methyl sites for hydroxylation is 3. The van der Waals surface area contributed by atoms with Gasteiger partial charge in [0.05, 0.1) is 29.4 Å². The standard InChI is InChI=1S/C33H34N6O3/c1-19-30(20(2)42-38-19)27-16-28-26(17-29(27)41-5)31-32(35-21(3)36-33(31)37-28)25-11-10-22(23-8-6-7-9-24(23)25)12-14-39(4)15-13-34-18-40/h6-11,16-18H,12-15H2,1-5H3,(H,34,40)(H,35,36,37). The van der Waals surface area contributed by atoms with Crippen molar-refractivity contribution in [2.24, 2.45) is 0 Å². The molecule has 9 heteroatoms. The van der Waals surface area contributed by atoms with Gasteiger partial charge in [-0.2, -0.15) is 0 Å². The molecule has 6 rings (SSSR count). The smallest absolute Gasteiger partial charge is 0.207 e. The number of nitrogens with zero attached hydrogens (tertiary/aromatic N) is 4. The number of ether oxygens (including phenoxy) is 1. The number of hydrogen-bond donors (Lipinski definition) is 2. The van der Waals surface area contributed by atoms with Crippen LogP contribution in [0.2, 0.25) is 0 Å². The number of rotatable bonds is 10. The second kappa shape index (κ2) is 11.3. The molecular formula is C33H34N6O3. The van der Waals surface area contributed by atoms with E-state index in [1.165, 1.54) is 10.9 Å². The van der Waals surface area contributed by atoms with Crippen molar-refractivity contribution in [2.45, 2.75) is 27.2 Å². The topological polar surface area (TPSA) is 109 Å². The molecule has 0 aliphatic rings. The van der Waals surface area contributed by atoms with Crippen molar-refractivity contribution < 1.29 is 14.1 Å². The average molecular weight is 563 g/mol. The summed E-state index contributed by atoms with van der Waals surface area (Å²) in [5, 5.41) is 11.2. The zero-order chi connectivity index (χ0) is 29.4. The Bertz CT molecular complexity index is 1920. The molecule has 2 N–H and O–H groups in total. The normalized spacial score (nSPS) is 11.7. The van der Waals surface area contributed by atoms with Gasteiger partial charge in [-0.25, -0.2) is 9.97 Å². The molecule has 0 saturated carbocycles. The van der Waals surface area contributed by atoms with Crippen LogP contribution in [0.1, 0.15) is 22.8 Å². The third-order valence-corrected chi connectivity index (χ3v) is 7.94. The summed E-state index contributed by atoms with van der Waals surface area (Å²) in [7, 11) is 3.76. The lowest BCUT2D eigenvalue weighted by Gasteiger charge is -2.18. The number of amides is 1. The van der Waals surface area contributed by atoms with Gasteiger partial charge >= 0.3 is 0 Å². The summed E-state index contributed by atoms with van der Waals surface area (Å²) < 4.78 is 11.3. The first-order chi connectivity index (χ1) is 20.4. The highest BCUT2D eigenvalue weighted by molar-refractivity contribution is 6.16. The zero-order valence-electron chi connectivity index (χ0n) is 24.5. The number of aromatic amines is 1. The van der Waals surface area contributed by atoms with Crippen LogP contribution in [0.4, 0.5) is 0 Å². The Morgan fingerprint density at radius 1 is 1.00 bits per heavy atom. The van der Waals surface area contributed by atoms with Crippen LogP contribution >= 0.6 is 0 Å². The van der Waals surface area contributed by atoms with Crippen molar-refractivity contribution in [3.8, 4) is 28.1 Å². The fraction of sp³-hybridized carbons (Fsp3) is 0.273. The van der Waals surface area contributed by atoms with Crippen molar-refractivity contribution >= 4 is 39.1 Å². The Morgan fingerprint density at radius 2 is 1.81 bits per heavy atom. The minimum atomic E-state index is 0.637. The predicted molar refractivity (Wildman–Crippen MR) is 166 cm³/mol. The van der Waals surface area contributed by atoms with Gasteiger partial charge in [0, 0.05) is 41.7 Å². The number of aromatic nitrogens is 4. The number of carbonyl (C=O) groups is 1. The maximum absolute atomic E-state index is 10.6. The van der Waals surface area contributed by atoms with Gasteiger partial charge in [0.2, 0.25) is 6.41 Å². The van der Waals surface area contributed by atoms with Crippen LogP contribution in [0.25, 0.3) is 55.1 Å². The quantitative estimate of drug-likeness (QED) is 0.162. The fourth-order valence-electron chi connectivity index (χ4n) is 5.89. The van der Waals surface area contributed by atoms with Crippen LogP contribution in [0.5, 0.6) is 5.75 Å². The minimum absolute atomic E-state index is 0.637. The van der Waals surface area contributed by atoms with Gasteiger partial charge < -0.3 is 24.5 Å². The molecule has 42 heavy (non-hydrogen) atoms. The molecule has 6 aromatic rings. The Hall–Kier alpha value is -4.76. The van der Waals surface area contributed by atoms with Gasteiger partial charge in [-0.3, -0.25) is 4.79 Å². The molecule has 0 atom stereocenters. The number of fused-ring (bicyclic) bond motifs is 4. The van der Waals surface area contributed by atoms with Crippen LogP contribution in [-0.2, 0) is 11.2 Å². The lowest BCUT2D eigenvalue weighted by atomic mass is 9.94. The van der Waals surface area contributed by atoms with E-state index in [0.29, 0.717) is 12.4 Å². The number of carbonyl (C=O) groups excluding carboxylic acids is 1. The third-order valence-electron chi connectivity index (χ3n) is 7.94. The van der Waals surface area contributed by atoms with Gasteiger partial charge in [0.25, 0.3) is 0 Å². The molecule has 0 bridgehead atoms. The summed E-state index contributed by atoms with van der Waals surface area (Å²) >= 11 is 0. The number of hydrogen-bond acceptors (Lipinski definition) is 7. The summed E-state index contributed by atoms with van der Waals surface area (Å²) in [5.41, 5.74) is 7.60. The van der Waals surface area contributed by atoms with Crippen LogP contribution in [0, 0.1) is 20.8 Å². The van der Waals surface area contributed by atoms with E-state index in [9.17, 15) is 4.79 Å². The molecule has 3 heterocycles. The van der Waals surface area contributed by atoms with Gasteiger partial charge in [-0.15, -0.1) is 0 Å². The fourth-order valence-corrected chi connectivity index (χ4v) is 5.89. The SMILES string of the molecule is COc1cc2c(cc1-c1c(C)noc1C)[nH]c1nc(C)nc(-c3ccc(CCN(C)CCNC=O)c4ccccc34)c12. The van der Waals surface area contributed by atoms with E-state index in [4.69, 9.17) is 19.2 Å². The molecule has 0 aliphatic carbocycles. The molecule has 0 unspecified atom stereocenters. The Balaban J connectivity index is 1.49. The maximum Gasteiger partial charge on any atom is 0.207 e.